The molecule has 0 bridgehead atoms. The fraction of sp³-hybridized carbons (Fsp3) is 0.889. The van der Waals surface area contributed by atoms with Crippen LogP contribution in [0.15, 0.2) is 0 Å². The molecule has 0 aromatic rings. The van der Waals surface area contributed by atoms with Crippen molar-refractivity contribution in [1.29, 1.82) is 5.26 Å². The van der Waals surface area contributed by atoms with Crippen molar-refractivity contribution in [3.63, 3.8) is 0 Å². The van der Waals surface area contributed by atoms with Crippen LogP contribution in [0.4, 0.5) is 0 Å². The van der Waals surface area contributed by atoms with Crippen LogP contribution in [-0.2, 0) is 0 Å². The Hall–Kier alpha value is -0.550. The standard InChI is InChI=1S/C9H16N2/c1-8-3-5-11(6-4-8)9(2)7-10/h8-9H,3-6H2,1-2H3. The molecule has 1 fully saturated rings. The molecule has 1 aliphatic heterocycles. The Kier molecular flexibility index (Phi) is 2.90. The van der Waals surface area contributed by atoms with Gasteiger partial charge in [0.15, 0.2) is 0 Å². The Labute approximate surface area is 68.8 Å². The lowest BCUT2D eigenvalue weighted by Gasteiger charge is -2.31. The van der Waals surface area contributed by atoms with Crippen molar-refractivity contribution in [3.05, 3.63) is 0 Å². The summed E-state index contributed by atoms with van der Waals surface area (Å²) in [6.07, 6.45) is 2.51. The molecule has 2 heteroatoms. The van der Waals surface area contributed by atoms with Gasteiger partial charge in [0.05, 0.1) is 12.1 Å². The third kappa shape index (κ3) is 2.20. The van der Waals surface area contributed by atoms with E-state index in [0.29, 0.717) is 0 Å². The molecular formula is C9H16N2. The van der Waals surface area contributed by atoms with E-state index in [1.807, 2.05) is 6.92 Å². The fourth-order valence-electron chi connectivity index (χ4n) is 1.50. The Bertz CT molecular complexity index is 151. The minimum absolute atomic E-state index is 0.113. The molecule has 1 aliphatic rings. The average Bonchev–Trinajstić information content (AvgIpc) is 2.05. The largest absolute Gasteiger partial charge is 0.288 e. The molecule has 2 nitrogen and oxygen atoms in total. The highest BCUT2D eigenvalue weighted by Gasteiger charge is 2.19. The predicted molar refractivity (Wildman–Crippen MR) is 45.0 cm³/mol. The summed E-state index contributed by atoms with van der Waals surface area (Å²) in [7, 11) is 0. The lowest BCUT2D eigenvalue weighted by atomic mass is 9.98. The van der Waals surface area contributed by atoms with E-state index < -0.39 is 0 Å². The summed E-state index contributed by atoms with van der Waals surface area (Å²) in [5.41, 5.74) is 0. The molecule has 1 heterocycles. The van der Waals surface area contributed by atoms with Crippen molar-refractivity contribution < 1.29 is 0 Å². The summed E-state index contributed by atoms with van der Waals surface area (Å²) in [5.74, 6) is 0.858. The van der Waals surface area contributed by atoms with E-state index in [4.69, 9.17) is 5.26 Å². The van der Waals surface area contributed by atoms with Crippen LogP contribution < -0.4 is 0 Å². The molecule has 1 saturated heterocycles. The first-order valence-electron chi connectivity index (χ1n) is 4.37. The number of nitriles is 1. The molecule has 1 unspecified atom stereocenters. The molecule has 0 aromatic heterocycles. The number of nitrogens with zero attached hydrogens (tertiary/aromatic N) is 2. The molecule has 0 saturated carbocycles. The van der Waals surface area contributed by atoms with E-state index in [0.717, 1.165) is 19.0 Å². The molecular weight excluding hydrogens is 136 g/mol. The highest BCUT2D eigenvalue weighted by atomic mass is 15.1. The van der Waals surface area contributed by atoms with Crippen LogP contribution in [0.1, 0.15) is 26.7 Å². The van der Waals surface area contributed by atoms with Crippen LogP contribution in [0.3, 0.4) is 0 Å². The summed E-state index contributed by atoms with van der Waals surface area (Å²) in [6.45, 7) is 6.48. The smallest absolute Gasteiger partial charge is 0.0949 e. The van der Waals surface area contributed by atoms with Crippen LogP contribution in [0, 0.1) is 17.2 Å². The van der Waals surface area contributed by atoms with Gasteiger partial charge >= 0.3 is 0 Å². The minimum Gasteiger partial charge on any atom is -0.288 e. The van der Waals surface area contributed by atoms with E-state index in [1.54, 1.807) is 0 Å². The number of hydrogen-bond acceptors (Lipinski definition) is 2. The quantitative estimate of drug-likeness (QED) is 0.571. The van der Waals surface area contributed by atoms with Crippen molar-refractivity contribution in [1.82, 2.24) is 4.90 Å². The van der Waals surface area contributed by atoms with Gasteiger partial charge in [-0.2, -0.15) is 5.26 Å². The molecule has 1 rings (SSSR count). The van der Waals surface area contributed by atoms with Gasteiger partial charge < -0.3 is 0 Å². The molecule has 0 aliphatic carbocycles. The van der Waals surface area contributed by atoms with Crippen LogP contribution in [0.5, 0.6) is 0 Å². The van der Waals surface area contributed by atoms with Gasteiger partial charge in [-0.15, -0.1) is 0 Å². The van der Waals surface area contributed by atoms with Gasteiger partial charge in [0.2, 0.25) is 0 Å². The first kappa shape index (κ1) is 8.55. The zero-order valence-electron chi connectivity index (χ0n) is 7.38. The first-order chi connectivity index (χ1) is 5.24. The number of hydrogen-bond donors (Lipinski definition) is 0. The summed E-state index contributed by atoms with van der Waals surface area (Å²) in [6, 6.07) is 2.39. The molecule has 1 atom stereocenters. The number of rotatable bonds is 1. The highest BCUT2D eigenvalue weighted by molar-refractivity contribution is 4.89. The Morgan fingerprint density at radius 2 is 2.00 bits per heavy atom. The van der Waals surface area contributed by atoms with Gasteiger partial charge in [0, 0.05) is 0 Å². The molecule has 0 N–H and O–H groups in total. The Morgan fingerprint density at radius 3 is 2.45 bits per heavy atom. The lowest BCUT2D eigenvalue weighted by molar-refractivity contribution is 0.172. The first-order valence-corrected chi connectivity index (χ1v) is 4.37. The lowest BCUT2D eigenvalue weighted by Crippen LogP contribution is -2.38. The SMILES string of the molecule is CC1CCN(C(C)C#N)CC1. The zero-order valence-corrected chi connectivity index (χ0v) is 7.38. The maximum Gasteiger partial charge on any atom is 0.0949 e. The normalized spacial score (nSPS) is 24.5. The van der Waals surface area contributed by atoms with Gasteiger partial charge in [0.25, 0.3) is 0 Å². The molecule has 0 amide bonds. The van der Waals surface area contributed by atoms with Gasteiger partial charge in [-0.05, 0) is 38.8 Å². The van der Waals surface area contributed by atoms with E-state index in [9.17, 15) is 0 Å². The second-order valence-electron chi connectivity index (χ2n) is 3.52. The van der Waals surface area contributed by atoms with Crippen molar-refractivity contribution >= 4 is 0 Å². The Morgan fingerprint density at radius 1 is 1.45 bits per heavy atom. The van der Waals surface area contributed by atoms with Gasteiger partial charge in [-0.3, -0.25) is 4.90 Å². The summed E-state index contributed by atoms with van der Waals surface area (Å²) < 4.78 is 0. The predicted octanol–water partition coefficient (Wildman–Crippen LogP) is 1.63. The maximum absolute atomic E-state index is 8.66. The van der Waals surface area contributed by atoms with Crippen LogP contribution >= 0.6 is 0 Å². The number of piperidine rings is 1. The van der Waals surface area contributed by atoms with Crippen molar-refractivity contribution in [2.45, 2.75) is 32.7 Å². The van der Waals surface area contributed by atoms with E-state index in [-0.39, 0.29) is 6.04 Å². The second kappa shape index (κ2) is 3.73. The third-order valence-corrected chi connectivity index (χ3v) is 2.55. The van der Waals surface area contributed by atoms with Gasteiger partial charge in [-0.1, -0.05) is 6.92 Å². The van der Waals surface area contributed by atoms with Crippen LogP contribution in [-0.4, -0.2) is 24.0 Å². The minimum atomic E-state index is 0.113. The van der Waals surface area contributed by atoms with Gasteiger partial charge in [0.1, 0.15) is 0 Å². The van der Waals surface area contributed by atoms with Crippen LogP contribution in [0.2, 0.25) is 0 Å². The molecule has 0 aromatic carbocycles. The highest BCUT2D eigenvalue weighted by Crippen LogP contribution is 2.17. The summed E-state index contributed by atoms with van der Waals surface area (Å²) in [4.78, 5) is 2.26. The Balaban J connectivity index is 2.34. The van der Waals surface area contributed by atoms with E-state index in [2.05, 4.69) is 17.9 Å². The van der Waals surface area contributed by atoms with Crippen molar-refractivity contribution in [2.24, 2.45) is 5.92 Å². The van der Waals surface area contributed by atoms with E-state index in [1.165, 1.54) is 12.8 Å². The maximum atomic E-state index is 8.66. The van der Waals surface area contributed by atoms with Crippen molar-refractivity contribution in [2.75, 3.05) is 13.1 Å². The summed E-state index contributed by atoms with van der Waals surface area (Å²) in [5, 5.41) is 8.66. The molecule has 0 radical (unpaired) electrons. The van der Waals surface area contributed by atoms with Crippen molar-refractivity contribution in [3.8, 4) is 6.07 Å². The molecule has 11 heavy (non-hydrogen) atoms. The summed E-state index contributed by atoms with van der Waals surface area (Å²) >= 11 is 0. The molecule has 62 valence electrons. The zero-order chi connectivity index (χ0) is 8.27. The third-order valence-electron chi connectivity index (χ3n) is 2.55. The van der Waals surface area contributed by atoms with Gasteiger partial charge in [-0.25, -0.2) is 0 Å². The molecule has 0 spiro atoms. The fourth-order valence-corrected chi connectivity index (χ4v) is 1.50. The topological polar surface area (TPSA) is 27.0 Å². The monoisotopic (exact) mass is 152 g/mol. The second-order valence-corrected chi connectivity index (χ2v) is 3.52. The van der Waals surface area contributed by atoms with Crippen LogP contribution in [0.25, 0.3) is 0 Å². The average molecular weight is 152 g/mol. The van der Waals surface area contributed by atoms with E-state index >= 15 is 0 Å². The number of likely N-dealkylation sites (tertiary alicyclic amines) is 1.